The van der Waals surface area contributed by atoms with E-state index in [-0.39, 0.29) is 0 Å². The monoisotopic (exact) mass is 285 g/mol. The summed E-state index contributed by atoms with van der Waals surface area (Å²) in [6.45, 7) is 0. The van der Waals surface area contributed by atoms with Gasteiger partial charge >= 0.3 is 0 Å². The average Bonchev–Trinajstić information content (AvgIpc) is 2.43. The van der Waals surface area contributed by atoms with Crippen molar-refractivity contribution in [2.75, 3.05) is 12.8 Å². The van der Waals surface area contributed by atoms with E-state index in [1.807, 2.05) is 12.3 Å². The highest BCUT2D eigenvalue weighted by atomic mass is 14.9. The van der Waals surface area contributed by atoms with Gasteiger partial charge in [-0.1, -0.05) is 0 Å². The van der Waals surface area contributed by atoms with Crippen molar-refractivity contribution in [3.05, 3.63) is 23.9 Å². The van der Waals surface area contributed by atoms with E-state index >= 15 is 0 Å². The standard InChI is InChI=1S/C18H27N3/c1-20-16(7-12-2-3-21-17(19)8-12)18-9-13-4-14(10-18)6-15(5-13)11-18/h2-3,8,13-16,20H,4-7,9-11H2,1H3,(H2,19,21). The van der Waals surface area contributed by atoms with Crippen molar-refractivity contribution in [1.29, 1.82) is 0 Å². The fourth-order valence-corrected chi connectivity index (χ4v) is 6.09. The minimum Gasteiger partial charge on any atom is -0.384 e. The summed E-state index contributed by atoms with van der Waals surface area (Å²) in [5.74, 6) is 3.67. The van der Waals surface area contributed by atoms with Gasteiger partial charge in [0.15, 0.2) is 0 Å². The van der Waals surface area contributed by atoms with E-state index in [1.165, 1.54) is 44.1 Å². The summed E-state index contributed by atoms with van der Waals surface area (Å²) in [6, 6.07) is 4.76. The number of rotatable bonds is 4. The van der Waals surface area contributed by atoms with Crippen molar-refractivity contribution < 1.29 is 0 Å². The van der Waals surface area contributed by atoms with E-state index in [9.17, 15) is 0 Å². The molecule has 4 aliphatic carbocycles. The molecule has 4 bridgehead atoms. The Morgan fingerprint density at radius 2 is 1.86 bits per heavy atom. The van der Waals surface area contributed by atoms with Gasteiger partial charge in [-0.2, -0.15) is 0 Å². The summed E-state index contributed by atoms with van der Waals surface area (Å²) in [6.07, 6.45) is 11.8. The first-order chi connectivity index (χ1) is 10.2. The fourth-order valence-electron chi connectivity index (χ4n) is 6.09. The van der Waals surface area contributed by atoms with E-state index < -0.39 is 0 Å². The second-order valence-corrected chi connectivity index (χ2v) is 7.91. The topological polar surface area (TPSA) is 50.9 Å². The predicted molar refractivity (Wildman–Crippen MR) is 85.8 cm³/mol. The van der Waals surface area contributed by atoms with Crippen molar-refractivity contribution in [3.8, 4) is 0 Å². The van der Waals surface area contributed by atoms with Crippen LogP contribution in [0.3, 0.4) is 0 Å². The molecule has 0 saturated heterocycles. The Hall–Kier alpha value is -1.09. The maximum absolute atomic E-state index is 5.85. The molecule has 0 aliphatic heterocycles. The van der Waals surface area contributed by atoms with Crippen LogP contribution in [0.5, 0.6) is 0 Å². The van der Waals surface area contributed by atoms with E-state index in [4.69, 9.17) is 5.73 Å². The van der Waals surface area contributed by atoms with Crippen LogP contribution in [0.1, 0.15) is 44.1 Å². The molecule has 1 aromatic heterocycles. The summed E-state index contributed by atoms with van der Waals surface area (Å²) in [7, 11) is 2.15. The summed E-state index contributed by atoms with van der Waals surface area (Å²) in [4.78, 5) is 4.12. The van der Waals surface area contributed by atoms with Crippen LogP contribution in [0.25, 0.3) is 0 Å². The zero-order valence-corrected chi connectivity index (χ0v) is 13.0. The third kappa shape index (κ3) is 2.36. The lowest BCUT2D eigenvalue weighted by Gasteiger charge is -2.59. The second kappa shape index (κ2) is 4.98. The quantitative estimate of drug-likeness (QED) is 0.894. The molecule has 3 nitrogen and oxygen atoms in total. The van der Waals surface area contributed by atoms with Crippen LogP contribution in [0.2, 0.25) is 0 Å². The normalized spacial score (nSPS) is 38.6. The predicted octanol–water partition coefficient (Wildman–Crippen LogP) is 3.01. The first-order valence-corrected chi connectivity index (χ1v) is 8.54. The maximum atomic E-state index is 5.85. The van der Waals surface area contributed by atoms with Gasteiger partial charge in [-0.05, 0) is 92.9 Å². The molecule has 0 aromatic carbocycles. The molecule has 3 N–H and O–H groups in total. The Morgan fingerprint density at radius 3 is 2.38 bits per heavy atom. The lowest BCUT2D eigenvalue weighted by atomic mass is 9.47. The SMILES string of the molecule is CNC(Cc1ccnc(N)c1)C12CC3CC(CC(C3)C1)C2. The number of nitrogens with one attached hydrogen (secondary N) is 1. The molecule has 4 saturated carbocycles. The van der Waals surface area contributed by atoms with Crippen LogP contribution in [0.15, 0.2) is 18.3 Å². The van der Waals surface area contributed by atoms with E-state index in [1.54, 1.807) is 0 Å². The molecule has 0 amide bonds. The van der Waals surface area contributed by atoms with E-state index in [0.717, 1.165) is 24.2 Å². The van der Waals surface area contributed by atoms with Gasteiger partial charge < -0.3 is 11.1 Å². The van der Waals surface area contributed by atoms with Gasteiger partial charge in [0, 0.05) is 12.2 Å². The highest BCUT2D eigenvalue weighted by Crippen LogP contribution is 2.61. The van der Waals surface area contributed by atoms with Crippen LogP contribution < -0.4 is 11.1 Å². The first kappa shape index (κ1) is 13.6. The van der Waals surface area contributed by atoms with Crippen molar-refractivity contribution in [3.63, 3.8) is 0 Å². The number of aromatic nitrogens is 1. The lowest BCUT2D eigenvalue weighted by Crippen LogP contribution is -2.56. The number of nitrogen functional groups attached to an aromatic ring is 1. The average molecular weight is 285 g/mol. The van der Waals surface area contributed by atoms with Crippen molar-refractivity contribution in [1.82, 2.24) is 10.3 Å². The number of hydrogen-bond donors (Lipinski definition) is 2. The number of nitrogens with zero attached hydrogens (tertiary/aromatic N) is 1. The van der Waals surface area contributed by atoms with Gasteiger partial charge in [0.25, 0.3) is 0 Å². The zero-order valence-electron chi connectivity index (χ0n) is 13.0. The largest absolute Gasteiger partial charge is 0.384 e. The van der Waals surface area contributed by atoms with Crippen LogP contribution in [-0.4, -0.2) is 18.1 Å². The summed E-state index contributed by atoms with van der Waals surface area (Å²) in [5.41, 5.74) is 7.72. The van der Waals surface area contributed by atoms with Crippen LogP contribution in [0, 0.1) is 23.2 Å². The van der Waals surface area contributed by atoms with Gasteiger partial charge in [-0.25, -0.2) is 4.98 Å². The van der Waals surface area contributed by atoms with Crippen LogP contribution in [0.4, 0.5) is 5.82 Å². The number of hydrogen-bond acceptors (Lipinski definition) is 3. The molecule has 21 heavy (non-hydrogen) atoms. The summed E-state index contributed by atoms with van der Waals surface area (Å²) in [5, 5.41) is 3.67. The highest BCUT2D eigenvalue weighted by molar-refractivity contribution is 5.32. The molecule has 1 aromatic rings. The summed E-state index contributed by atoms with van der Waals surface area (Å²) < 4.78 is 0. The Labute approximate surface area is 127 Å². The number of nitrogens with two attached hydrogens (primary N) is 1. The van der Waals surface area contributed by atoms with E-state index in [0.29, 0.717) is 17.3 Å². The number of anilines is 1. The third-order valence-electron chi connectivity index (χ3n) is 6.46. The van der Waals surface area contributed by atoms with Gasteiger partial charge in [-0.15, -0.1) is 0 Å². The number of likely N-dealkylation sites (N-methyl/N-ethyl adjacent to an activating group) is 1. The fraction of sp³-hybridized carbons (Fsp3) is 0.722. The molecular weight excluding hydrogens is 258 g/mol. The lowest BCUT2D eigenvalue weighted by molar-refractivity contribution is -0.0724. The summed E-state index contributed by atoms with van der Waals surface area (Å²) >= 11 is 0. The second-order valence-electron chi connectivity index (χ2n) is 7.91. The molecular formula is C18H27N3. The third-order valence-corrected chi connectivity index (χ3v) is 6.46. The Balaban J connectivity index is 1.58. The van der Waals surface area contributed by atoms with Crippen molar-refractivity contribution in [2.45, 2.75) is 51.0 Å². The molecule has 1 atom stereocenters. The van der Waals surface area contributed by atoms with Gasteiger partial charge in [0.2, 0.25) is 0 Å². The van der Waals surface area contributed by atoms with Crippen LogP contribution in [-0.2, 0) is 6.42 Å². The number of pyridine rings is 1. The Bertz CT molecular complexity index is 490. The molecule has 1 heterocycles. The van der Waals surface area contributed by atoms with Gasteiger partial charge in [-0.3, -0.25) is 0 Å². The minimum atomic E-state index is 0.543. The maximum Gasteiger partial charge on any atom is 0.123 e. The molecule has 1 unspecified atom stereocenters. The highest BCUT2D eigenvalue weighted by Gasteiger charge is 2.53. The molecule has 5 rings (SSSR count). The van der Waals surface area contributed by atoms with Gasteiger partial charge in [0.05, 0.1) is 0 Å². The smallest absolute Gasteiger partial charge is 0.123 e. The molecule has 4 aliphatic rings. The molecule has 0 spiro atoms. The van der Waals surface area contributed by atoms with E-state index in [2.05, 4.69) is 23.4 Å². The molecule has 114 valence electrons. The molecule has 0 radical (unpaired) electrons. The molecule has 3 heteroatoms. The van der Waals surface area contributed by atoms with Crippen LogP contribution >= 0.6 is 0 Å². The Morgan fingerprint density at radius 1 is 1.24 bits per heavy atom. The Kier molecular flexibility index (Phi) is 3.21. The van der Waals surface area contributed by atoms with Crippen molar-refractivity contribution in [2.24, 2.45) is 23.2 Å². The zero-order chi connectivity index (χ0) is 14.4. The molecule has 4 fully saturated rings. The first-order valence-electron chi connectivity index (χ1n) is 8.54. The minimum absolute atomic E-state index is 0.543. The van der Waals surface area contributed by atoms with Gasteiger partial charge in [0.1, 0.15) is 5.82 Å². The van der Waals surface area contributed by atoms with Crippen molar-refractivity contribution >= 4 is 5.82 Å².